The predicted molar refractivity (Wildman–Crippen MR) is 79.7 cm³/mol. The Balaban J connectivity index is 2.34. The van der Waals surface area contributed by atoms with Gasteiger partial charge in [0.15, 0.2) is 11.5 Å². The SMILES string of the molecule is CCC1(C(=O)O)CCCN1C(C)c1ccc(O)c(OC)c1. The van der Waals surface area contributed by atoms with Crippen molar-refractivity contribution in [1.82, 2.24) is 4.90 Å². The summed E-state index contributed by atoms with van der Waals surface area (Å²) < 4.78 is 5.14. The van der Waals surface area contributed by atoms with Crippen molar-refractivity contribution in [3.05, 3.63) is 23.8 Å². The smallest absolute Gasteiger partial charge is 0.324 e. The van der Waals surface area contributed by atoms with Gasteiger partial charge in [-0.1, -0.05) is 13.0 Å². The Morgan fingerprint density at radius 2 is 2.24 bits per heavy atom. The third-order valence-corrected chi connectivity index (χ3v) is 4.68. The van der Waals surface area contributed by atoms with Gasteiger partial charge < -0.3 is 14.9 Å². The van der Waals surface area contributed by atoms with Crippen LogP contribution in [0.15, 0.2) is 18.2 Å². The van der Waals surface area contributed by atoms with Gasteiger partial charge in [-0.05, 0) is 50.4 Å². The molecular weight excluding hydrogens is 270 g/mol. The highest BCUT2D eigenvalue weighted by atomic mass is 16.5. The maximum Gasteiger partial charge on any atom is 0.324 e. The van der Waals surface area contributed by atoms with Crippen LogP contribution >= 0.6 is 0 Å². The summed E-state index contributed by atoms with van der Waals surface area (Å²) in [7, 11) is 1.51. The summed E-state index contributed by atoms with van der Waals surface area (Å²) in [6.45, 7) is 4.70. The second kappa shape index (κ2) is 5.93. The van der Waals surface area contributed by atoms with E-state index in [0.717, 1.165) is 18.5 Å². The van der Waals surface area contributed by atoms with Gasteiger partial charge in [0, 0.05) is 6.04 Å². The minimum Gasteiger partial charge on any atom is -0.504 e. The van der Waals surface area contributed by atoms with Crippen LogP contribution in [0.5, 0.6) is 11.5 Å². The molecule has 0 radical (unpaired) electrons. The van der Waals surface area contributed by atoms with E-state index in [1.54, 1.807) is 12.1 Å². The van der Waals surface area contributed by atoms with Crippen molar-refractivity contribution in [2.75, 3.05) is 13.7 Å². The van der Waals surface area contributed by atoms with E-state index < -0.39 is 11.5 Å². The van der Waals surface area contributed by atoms with Crippen molar-refractivity contribution in [1.29, 1.82) is 0 Å². The number of benzene rings is 1. The van der Waals surface area contributed by atoms with E-state index in [4.69, 9.17) is 4.74 Å². The lowest BCUT2D eigenvalue weighted by atomic mass is 9.91. The van der Waals surface area contributed by atoms with E-state index in [2.05, 4.69) is 4.90 Å². The zero-order valence-electron chi connectivity index (χ0n) is 12.8. The molecule has 0 spiro atoms. The lowest BCUT2D eigenvalue weighted by molar-refractivity contribution is -0.151. The summed E-state index contributed by atoms with van der Waals surface area (Å²) in [5, 5.41) is 19.4. The molecule has 1 aromatic carbocycles. The van der Waals surface area contributed by atoms with Gasteiger partial charge in [0.2, 0.25) is 0 Å². The molecule has 5 heteroatoms. The van der Waals surface area contributed by atoms with Crippen LogP contribution in [-0.2, 0) is 4.79 Å². The predicted octanol–water partition coefficient (Wildman–Crippen LogP) is 2.79. The Morgan fingerprint density at radius 3 is 2.81 bits per heavy atom. The monoisotopic (exact) mass is 293 g/mol. The molecule has 0 saturated carbocycles. The van der Waals surface area contributed by atoms with E-state index >= 15 is 0 Å². The number of aliphatic carboxylic acids is 1. The van der Waals surface area contributed by atoms with Crippen molar-refractivity contribution >= 4 is 5.97 Å². The average molecular weight is 293 g/mol. The fourth-order valence-electron chi connectivity index (χ4n) is 3.36. The molecule has 5 nitrogen and oxygen atoms in total. The normalized spacial score (nSPS) is 24.0. The number of hydrogen-bond acceptors (Lipinski definition) is 4. The highest BCUT2D eigenvalue weighted by Gasteiger charge is 2.48. The summed E-state index contributed by atoms with van der Waals surface area (Å²) in [6.07, 6.45) is 2.15. The maximum absolute atomic E-state index is 11.8. The highest BCUT2D eigenvalue weighted by molar-refractivity contribution is 5.79. The Bertz CT molecular complexity index is 531. The fourth-order valence-corrected chi connectivity index (χ4v) is 3.36. The molecule has 0 amide bonds. The van der Waals surface area contributed by atoms with Crippen molar-refractivity contribution < 1.29 is 19.7 Å². The average Bonchev–Trinajstić information content (AvgIpc) is 2.92. The van der Waals surface area contributed by atoms with Gasteiger partial charge in [0.05, 0.1) is 7.11 Å². The molecule has 0 aromatic heterocycles. The number of carboxylic acids is 1. The molecule has 1 aromatic rings. The third kappa shape index (κ3) is 2.58. The summed E-state index contributed by atoms with van der Waals surface area (Å²) >= 11 is 0. The summed E-state index contributed by atoms with van der Waals surface area (Å²) in [6, 6.07) is 5.15. The summed E-state index contributed by atoms with van der Waals surface area (Å²) in [5.74, 6) is -0.245. The number of ether oxygens (including phenoxy) is 1. The number of phenolic OH excluding ortho intramolecular Hbond substituents is 1. The molecule has 116 valence electrons. The molecule has 0 aliphatic carbocycles. The van der Waals surface area contributed by atoms with Crippen LogP contribution in [0.1, 0.15) is 44.7 Å². The topological polar surface area (TPSA) is 70.0 Å². The minimum absolute atomic E-state index is 0.0435. The van der Waals surface area contributed by atoms with Gasteiger partial charge in [-0.25, -0.2) is 0 Å². The number of nitrogens with zero attached hydrogens (tertiary/aromatic N) is 1. The molecule has 2 rings (SSSR count). The summed E-state index contributed by atoms with van der Waals surface area (Å²) in [5.41, 5.74) is 0.162. The highest BCUT2D eigenvalue weighted by Crippen LogP contribution is 2.40. The Labute approximate surface area is 125 Å². The first kappa shape index (κ1) is 15.6. The first-order valence-electron chi connectivity index (χ1n) is 7.33. The summed E-state index contributed by atoms with van der Waals surface area (Å²) in [4.78, 5) is 13.8. The van der Waals surface area contributed by atoms with E-state index in [0.29, 0.717) is 18.6 Å². The number of carboxylic acid groups (broad SMARTS) is 1. The van der Waals surface area contributed by atoms with Crippen LogP contribution in [0.3, 0.4) is 0 Å². The van der Waals surface area contributed by atoms with Crippen molar-refractivity contribution in [3.8, 4) is 11.5 Å². The van der Waals surface area contributed by atoms with E-state index in [-0.39, 0.29) is 11.8 Å². The Hall–Kier alpha value is -1.75. The van der Waals surface area contributed by atoms with Crippen LogP contribution < -0.4 is 4.74 Å². The van der Waals surface area contributed by atoms with Crippen LogP contribution in [-0.4, -0.2) is 40.3 Å². The van der Waals surface area contributed by atoms with E-state index in [1.807, 2.05) is 19.9 Å². The Morgan fingerprint density at radius 1 is 1.52 bits per heavy atom. The molecule has 0 bridgehead atoms. The maximum atomic E-state index is 11.8. The second-order valence-electron chi connectivity index (χ2n) is 5.59. The number of phenols is 1. The number of carbonyl (C=O) groups is 1. The van der Waals surface area contributed by atoms with E-state index in [1.165, 1.54) is 7.11 Å². The van der Waals surface area contributed by atoms with Gasteiger partial charge in [0.25, 0.3) is 0 Å². The van der Waals surface area contributed by atoms with Gasteiger partial charge in [-0.15, -0.1) is 0 Å². The second-order valence-corrected chi connectivity index (χ2v) is 5.59. The number of aromatic hydroxyl groups is 1. The van der Waals surface area contributed by atoms with Crippen molar-refractivity contribution in [3.63, 3.8) is 0 Å². The zero-order valence-corrected chi connectivity index (χ0v) is 12.8. The molecule has 2 N–H and O–H groups in total. The zero-order chi connectivity index (χ0) is 15.6. The lowest BCUT2D eigenvalue weighted by Gasteiger charge is -2.38. The van der Waals surface area contributed by atoms with Gasteiger partial charge >= 0.3 is 5.97 Å². The molecule has 1 fully saturated rings. The standard InChI is InChI=1S/C16H23NO4/c1-4-16(15(19)20)8-5-9-17(16)11(2)12-6-7-13(18)14(10-12)21-3/h6-7,10-11,18H,4-5,8-9H2,1-3H3,(H,19,20). The van der Waals surface area contributed by atoms with Crippen LogP contribution in [0.2, 0.25) is 0 Å². The molecule has 1 saturated heterocycles. The third-order valence-electron chi connectivity index (χ3n) is 4.68. The largest absolute Gasteiger partial charge is 0.504 e. The molecular formula is C16H23NO4. The fraction of sp³-hybridized carbons (Fsp3) is 0.562. The van der Waals surface area contributed by atoms with Gasteiger partial charge in [-0.3, -0.25) is 9.69 Å². The first-order valence-corrected chi connectivity index (χ1v) is 7.33. The number of rotatable bonds is 5. The van der Waals surface area contributed by atoms with Crippen molar-refractivity contribution in [2.24, 2.45) is 0 Å². The van der Waals surface area contributed by atoms with E-state index in [9.17, 15) is 15.0 Å². The molecule has 2 atom stereocenters. The van der Waals surface area contributed by atoms with Gasteiger partial charge in [0.1, 0.15) is 5.54 Å². The molecule has 1 aliphatic heterocycles. The Kier molecular flexibility index (Phi) is 4.42. The first-order chi connectivity index (χ1) is 9.96. The number of likely N-dealkylation sites (tertiary alicyclic amines) is 1. The van der Waals surface area contributed by atoms with Crippen molar-refractivity contribution in [2.45, 2.75) is 44.7 Å². The quantitative estimate of drug-likeness (QED) is 0.873. The molecule has 21 heavy (non-hydrogen) atoms. The van der Waals surface area contributed by atoms with Crippen LogP contribution in [0.4, 0.5) is 0 Å². The molecule has 1 aliphatic rings. The molecule has 2 unspecified atom stereocenters. The van der Waals surface area contributed by atoms with Gasteiger partial charge in [-0.2, -0.15) is 0 Å². The molecule has 1 heterocycles. The lowest BCUT2D eigenvalue weighted by Crippen LogP contribution is -2.50. The minimum atomic E-state index is -0.787. The number of hydrogen-bond donors (Lipinski definition) is 2. The van der Waals surface area contributed by atoms with Crippen LogP contribution in [0, 0.1) is 0 Å². The van der Waals surface area contributed by atoms with Crippen LogP contribution in [0.25, 0.3) is 0 Å². The number of methoxy groups -OCH3 is 1.